The fourth-order valence-electron chi connectivity index (χ4n) is 4.10. The van der Waals surface area contributed by atoms with Gasteiger partial charge in [-0.25, -0.2) is 9.59 Å². The van der Waals surface area contributed by atoms with Crippen LogP contribution in [0.2, 0.25) is 0 Å². The van der Waals surface area contributed by atoms with Crippen LogP contribution in [0.5, 0.6) is 11.5 Å². The van der Waals surface area contributed by atoms with E-state index in [4.69, 9.17) is 18.9 Å². The molecule has 2 aromatic rings. The van der Waals surface area contributed by atoms with Crippen LogP contribution < -0.4 is 19.7 Å². The summed E-state index contributed by atoms with van der Waals surface area (Å²) in [5.74, 6) is -3.59. The third-order valence-electron chi connectivity index (χ3n) is 6.49. The van der Waals surface area contributed by atoms with Crippen LogP contribution in [0.15, 0.2) is 42.5 Å². The quantitative estimate of drug-likeness (QED) is 0.195. The van der Waals surface area contributed by atoms with E-state index in [9.17, 15) is 14.7 Å². The Hall–Kier alpha value is -3.30. The monoisotopic (exact) mass is 542 g/mol. The molecule has 0 bridgehead atoms. The summed E-state index contributed by atoms with van der Waals surface area (Å²) in [7, 11) is 3.93. The van der Waals surface area contributed by atoms with Crippen LogP contribution in [-0.4, -0.2) is 62.7 Å². The third kappa shape index (κ3) is 7.86. The molecular formula is C30H42N2O7. The Bertz CT molecular complexity index is 1080. The van der Waals surface area contributed by atoms with E-state index < -0.39 is 23.8 Å². The molecule has 2 N–H and O–H groups in total. The summed E-state index contributed by atoms with van der Waals surface area (Å²) < 4.78 is 22.2. The van der Waals surface area contributed by atoms with Crippen LogP contribution in [0.3, 0.4) is 0 Å². The summed E-state index contributed by atoms with van der Waals surface area (Å²) in [5, 5.41) is 14.1. The lowest BCUT2D eigenvalue weighted by atomic mass is 10.0. The number of esters is 2. The van der Waals surface area contributed by atoms with E-state index in [-0.39, 0.29) is 30.8 Å². The van der Waals surface area contributed by atoms with Gasteiger partial charge in [-0.2, -0.15) is 0 Å². The molecule has 0 amide bonds. The molecule has 0 fully saturated rings. The van der Waals surface area contributed by atoms with Gasteiger partial charge in [-0.1, -0.05) is 44.9 Å². The number of ether oxygens (including phenoxy) is 4. The van der Waals surface area contributed by atoms with Crippen LogP contribution in [0.1, 0.15) is 63.7 Å². The fraction of sp³-hybridized carbons (Fsp3) is 0.533. The van der Waals surface area contributed by atoms with Gasteiger partial charge in [-0.05, 0) is 61.6 Å². The standard InChI is InChI=1S/C30H42N2O7/c1-6-8-15-36-28(34)30(29(35)37-16-9-7-2)38-26-14-13-22(18-27(26)39-30)17-21(3)31-20-25(33)23-11-10-12-24(19-23)32(4)5/h10-14,18-19,21,25,31,33H,6-9,15-17,20H2,1-5H3. The van der Waals surface area contributed by atoms with Crippen LogP contribution in [0.4, 0.5) is 5.69 Å². The second-order valence-corrected chi connectivity index (χ2v) is 10.1. The van der Waals surface area contributed by atoms with E-state index in [0.29, 0.717) is 25.8 Å². The molecule has 2 unspecified atom stereocenters. The molecule has 0 spiro atoms. The van der Waals surface area contributed by atoms with Crippen molar-refractivity contribution in [3.8, 4) is 11.5 Å². The number of carbonyl (C=O) groups excluding carboxylic acids is 2. The molecule has 0 aliphatic carbocycles. The van der Waals surface area contributed by atoms with Crippen molar-refractivity contribution in [3.05, 3.63) is 53.6 Å². The minimum atomic E-state index is -2.31. The zero-order valence-corrected chi connectivity index (χ0v) is 23.7. The van der Waals surface area contributed by atoms with Crippen molar-refractivity contribution < 1.29 is 33.6 Å². The predicted molar refractivity (Wildman–Crippen MR) is 149 cm³/mol. The average molecular weight is 543 g/mol. The summed E-state index contributed by atoms with van der Waals surface area (Å²) in [6, 6.07) is 13.1. The summed E-state index contributed by atoms with van der Waals surface area (Å²) in [6.45, 7) is 6.67. The first kappa shape index (κ1) is 30.2. The molecule has 1 aliphatic rings. The third-order valence-corrected chi connectivity index (χ3v) is 6.49. The first-order valence-corrected chi connectivity index (χ1v) is 13.7. The Morgan fingerprint density at radius 2 is 1.62 bits per heavy atom. The second-order valence-electron chi connectivity index (χ2n) is 10.1. The number of nitrogens with zero attached hydrogens (tertiary/aromatic N) is 1. The molecule has 0 aromatic heterocycles. The topological polar surface area (TPSA) is 107 Å². The number of aliphatic hydroxyl groups excluding tert-OH is 1. The molecule has 0 saturated heterocycles. The first-order valence-electron chi connectivity index (χ1n) is 13.7. The number of anilines is 1. The number of aliphatic hydroxyl groups is 1. The van der Waals surface area contributed by atoms with Gasteiger partial charge in [0, 0.05) is 32.4 Å². The van der Waals surface area contributed by atoms with E-state index in [1.165, 1.54) is 0 Å². The highest BCUT2D eigenvalue weighted by atomic mass is 16.8. The van der Waals surface area contributed by atoms with Crippen molar-refractivity contribution in [1.29, 1.82) is 0 Å². The molecule has 0 saturated carbocycles. The summed E-state index contributed by atoms with van der Waals surface area (Å²) in [5.41, 5.74) is 2.78. The Morgan fingerprint density at radius 3 is 2.23 bits per heavy atom. The van der Waals surface area contributed by atoms with E-state index >= 15 is 0 Å². The lowest BCUT2D eigenvalue weighted by molar-refractivity contribution is -0.202. The molecule has 1 aliphatic heterocycles. The maximum Gasteiger partial charge on any atom is 0.453 e. The van der Waals surface area contributed by atoms with Gasteiger partial charge in [-0.15, -0.1) is 0 Å². The number of hydrogen-bond acceptors (Lipinski definition) is 9. The van der Waals surface area contributed by atoms with Crippen molar-refractivity contribution in [2.24, 2.45) is 0 Å². The van der Waals surface area contributed by atoms with Crippen molar-refractivity contribution in [1.82, 2.24) is 5.32 Å². The van der Waals surface area contributed by atoms with Gasteiger partial charge in [0.05, 0.1) is 19.3 Å². The normalized spacial score (nSPS) is 14.9. The van der Waals surface area contributed by atoms with Crippen LogP contribution in [0, 0.1) is 0 Å². The lowest BCUT2D eigenvalue weighted by Crippen LogP contribution is -2.56. The molecule has 0 radical (unpaired) electrons. The summed E-state index contributed by atoms with van der Waals surface area (Å²) in [4.78, 5) is 27.9. The molecule has 3 rings (SSSR count). The van der Waals surface area contributed by atoms with Gasteiger partial charge in [-0.3, -0.25) is 0 Å². The number of hydrogen-bond donors (Lipinski definition) is 2. The molecule has 1 heterocycles. The SMILES string of the molecule is CCCCOC(=O)C1(C(=O)OCCCC)Oc2ccc(CC(C)NCC(O)c3cccc(N(C)C)c3)cc2O1. The molecule has 39 heavy (non-hydrogen) atoms. The first-order chi connectivity index (χ1) is 18.7. The minimum Gasteiger partial charge on any atom is -0.459 e. The zero-order chi connectivity index (χ0) is 28.4. The minimum absolute atomic E-state index is 0.0276. The van der Waals surface area contributed by atoms with Gasteiger partial charge in [0.2, 0.25) is 0 Å². The highest BCUT2D eigenvalue weighted by molar-refractivity contribution is 6.03. The number of nitrogens with one attached hydrogen (secondary N) is 1. The number of benzene rings is 2. The van der Waals surface area contributed by atoms with Crippen molar-refractivity contribution >= 4 is 17.6 Å². The van der Waals surface area contributed by atoms with Crippen LogP contribution >= 0.6 is 0 Å². The molecule has 9 heteroatoms. The van der Waals surface area contributed by atoms with E-state index in [1.807, 2.05) is 70.1 Å². The van der Waals surface area contributed by atoms with E-state index in [0.717, 1.165) is 29.7 Å². The lowest BCUT2D eigenvalue weighted by Gasteiger charge is -2.23. The fourth-order valence-corrected chi connectivity index (χ4v) is 4.10. The van der Waals surface area contributed by atoms with Gasteiger partial charge < -0.3 is 34.3 Å². The van der Waals surface area contributed by atoms with Crippen molar-refractivity contribution in [2.75, 3.05) is 38.8 Å². The van der Waals surface area contributed by atoms with Crippen LogP contribution in [0.25, 0.3) is 0 Å². The van der Waals surface area contributed by atoms with Crippen molar-refractivity contribution in [3.63, 3.8) is 0 Å². The van der Waals surface area contributed by atoms with Gasteiger partial charge in [0.25, 0.3) is 0 Å². The van der Waals surface area contributed by atoms with Gasteiger partial charge in [0.15, 0.2) is 11.5 Å². The molecule has 214 valence electrons. The van der Waals surface area contributed by atoms with Crippen molar-refractivity contribution in [2.45, 2.75) is 70.8 Å². The second kappa shape index (κ2) is 14.2. The van der Waals surface area contributed by atoms with Gasteiger partial charge >= 0.3 is 17.7 Å². The van der Waals surface area contributed by atoms with Crippen LogP contribution in [-0.2, 0) is 25.5 Å². The summed E-state index contributed by atoms with van der Waals surface area (Å²) >= 11 is 0. The molecule has 2 atom stereocenters. The van der Waals surface area contributed by atoms with E-state index in [1.54, 1.807) is 12.1 Å². The Kier molecular flexibility index (Phi) is 11.0. The number of rotatable bonds is 15. The molecule has 2 aromatic carbocycles. The number of fused-ring (bicyclic) bond motifs is 1. The largest absolute Gasteiger partial charge is 0.459 e. The average Bonchev–Trinajstić information content (AvgIpc) is 3.32. The Labute approximate surface area is 231 Å². The maximum atomic E-state index is 13.0. The predicted octanol–water partition coefficient (Wildman–Crippen LogP) is 4.16. The maximum absolute atomic E-state index is 13.0. The zero-order valence-electron chi connectivity index (χ0n) is 23.7. The molecular weight excluding hydrogens is 500 g/mol. The Balaban J connectivity index is 1.64. The summed E-state index contributed by atoms with van der Waals surface area (Å²) in [6.07, 6.45) is 2.95. The smallest absolute Gasteiger partial charge is 0.453 e. The molecule has 9 nitrogen and oxygen atoms in total. The number of carbonyl (C=O) groups is 2. The highest BCUT2D eigenvalue weighted by Crippen LogP contribution is 2.41. The van der Waals surface area contributed by atoms with Gasteiger partial charge in [0.1, 0.15) is 0 Å². The van der Waals surface area contributed by atoms with E-state index in [2.05, 4.69) is 5.32 Å². The Morgan fingerprint density at radius 1 is 0.974 bits per heavy atom. The number of unbranched alkanes of at least 4 members (excludes halogenated alkanes) is 2. The highest BCUT2D eigenvalue weighted by Gasteiger charge is 2.59.